The molecule has 0 unspecified atom stereocenters. The lowest BCUT2D eigenvalue weighted by Gasteiger charge is -2.10. The van der Waals surface area contributed by atoms with E-state index in [1.807, 2.05) is 24.3 Å². The Morgan fingerprint density at radius 2 is 2.00 bits per heavy atom. The summed E-state index contributed by atoms with van der Waals surface area (Å²) in [6.45, 7) is 0. The van der Waals surface area contributed by atoms with Crippen LogP contribution in [0.4, 0.5) is 5.69 Å². The smallest absolute Gasteiger partial charge is 0.337 e. The summed E-state index contributed by atoms with van der Waals surface area (Å²) in [5.74, 6) is -0.0581. The number of nitrogens with zero attached hydrogens (tertiary/aromatic N) is 1. The van der Waals surface area contributed by atoms with Gasteiger partial charge in [0, 0.05) is 17.3 Å². The Hall–Kier alpha value is -3.08. The highest BCUT2D eigenvalue weighted by molar-refractivity contribution is 5.94. The van der Waals surface area contributed by atoms with Crippen LogP contribution in [-0.4, -0.2) is 16.1 Å². The van der Waals surface area contributed by atoms with Crippen molar-refractivity contribution in [2.45, 2.75) is 0 Å². The summed E-state index contributed by atoms with van der Waals surface area (Å²) in [5, 5.41) is 9.94. The fraction of sp³-hybridized carbons (Fsp3) is 0. The molecule has 0 amide bonds. The average molecular weight is 280 g/mol. The number of anilines is 1. The number of hydrogen-bond acceptors (Lipinski definition) is 4. The molecule has 0 fully saturated rings. The number of fused-ring (bicyclic) bond motifs is 1. The summed E-state index contributed by atoms with van der Waals surface area (Å²) in [6.07, 6.45) is 1.71. The summed E-state index contributed by atoms with van der Waals surface area (Å²) < 4.78 is 5.78. The van der Waals surface area contributed by atoms with Crippen LogP contribution in [0.15, 0.2) is 54.7 Å². The van der Waals surface area contributed by atoms with Gasteiger partial charge in [0.25, 0.3) is 0 Å². The second-order valence-corrected chi connectivity index (χ2v) is 4.48. The first-order valence-electron chi connectivity index (χ1n) is 6.29. The third-order valence-corrected chi connectivity index (χ3v) is 3.09. The molecule has 3 N–H and O–H groups in total. The number of carboxylic acid groups (broad SMARTS) is 1. The fourth-order valence-electron chi connectivity index (χ4n) is 2.08. The third-order valence-electron chi connectivity index (χ3n) is 3.09. The molecule has 104 valence electrons. The minimum absolute atomic E-state index is 0.0193. The Morgan fingerprint density at radius 1 is 1.14 bits per heavy atom. The number of pyridine rings is 1. The fourth-order valence-corrected chi connectivity index (χ4v) is 2.08. The lowest BCUT2D eigenvalue weighted by molar-refractivity contribution is 0.0697. The van der Waals surface area contributed by atoms with Gasteiger partial charge in [0.05, 0.1) is 11.1 Å². The quantitative estimate of drug-likeness (QED) is 0.719. The van der Waals surface area contributed by atoms with Crippen molar-refractivity contribution in [3.05, 3.63) is 60.3 Å². The van der Waals surface area contributed by atoms with Crippen molar-refractivity contribution in [3.63, 3.8) is 0 Å². The van der Waals surface area contributed by atoms with Gasteiger partial charge in [0.1, 0.15) is 11.5 Å². The van der Waals surface area contributed by atoms with E-state index in [0.717, 1.165) is 10.9 Å². The summed E-state index contributed by atoms with van der Waals surface area (Å²) in [5.41, 5.74) is 6.66. The SMILES string of the molecule is Nc1ccc(Oc2cccc3ncccc23)cc1C(=O)O. The maximum atomic E-state index is 11.1. The van der Waals surface area contributed by atoms with E-state index in [-0.39, 0.29) is 11.3 Å². The lowest BCUT2D eigenvalue weighted by atomic mass is 10.1. The standard InChI is InChI=1S/C16H12N2O3/c17-13-7-6-10(9-12(13)16(19)20)21-15-5-1-4-14-11(15)3-2-8-18-14/h1-9H,17H2,(H,19,20). The van der Waals surface area contributed by atoms with Crippen molar-refractivity contribution < 1.29 is 14.6 Å². The monoisotopic (exact) mass is 280 g/mol. The number of aromatic carboxylic acids is 1. The summed E-state index contributed by atoms with van der Waals surface area (Å²) in [6, 6.07) is 13.8. The van der Waals surface area contributed by atoms with E-state index in [9.17, 15) is 4.79 Å². The molecule has 0 saturated carbocycles. The Labute approximate surface area is 120 Å². The van der Waals surface area contributed by atoms with Gasteiger partial charge in [-0.1, -0.05) is 6.07 Å². The topological polar surface area (TPSA) is 85.4 Å². The molecule has 0 aliphatic heterocycles. The van der Waals surface area contributed by atoms with Crippen LogP contribution in [0.3, 0.4) is 0 Å². The van der Waals surface area contributed by atoms with Gasteiger partial charge in [-0.05, 0) is 42.5 Å². The highest BCUT2D eigenvalue weighted by Crippen LogP contribution is 2.30. The molecule has 0 saturated heterocycles. The number of carbonyl (C=O) groups is 1. The van der Waals surface area contributed by atoms with Crippen LogP contribution < -0.4 is 10.5 Å². The van der Waals surface area contributed by atoms with Gasteiger partial charge in [-0.15, -0.1) is 0 Å². The summed E-state index contributed by atoms with van der Waals surface area (Å²) in [7, 11) is 0. The molecule has 1 heterocycles. The van der Waals surface area contributed by atoms with Crippen LogP contribution in [0.1, 0.15) is 10.4 Å². The predicted octanol–water partition coefficient (Wildman–Crippen LogP) is 3.31. The Morgan fingerprint density at radius 3 is 2.81 bits per heavy atom. The van der Waals surface area contributed by atoms with E-state index in [0.29, 0.717) is 11.5 Å². The van der Waals surface area contributed by atoms with E-state index in [2.05, 4.69) is 4.98 Å². The first kappa shape index (κ1) is 12.9. The van der Waals surface area contributed by atoms with Gasteiger partial charge in [0.15, 0.2) is 0 Å². The van der Waals surface area contributed by atoms with Crippen molar-refractivity contribution in [2.24, 2.45) is 0 Å². The Bertz CT molecular complexity index is 825. The van der Waals surface area contributed by atoms with Gasteiger partial charge >= 0.3 is 5.97 Å². The molecule has 0 radical (unpaired) electrons. The molecule has 0 spiro atoms. The predicted molar refractivity (Wildman–Crippen MR) is 79.6 cm³/mol. The van der Waals surface area contributed by atoms with Crippen LogP contribution in [0, 0.1) is 0 Å². The number of rotatable bonds is 3. The molecule has 21 heavy (non-hydrogen) atoms. The lowest BCUT2D eigenvalue weighted by Crippen LogP contribution is -2.02. The number of benzene rings is 2. The van der Waals surface area contributed by atoms with Crippen molar-refractivity contribution in [3.8, 4) is 11.5 Å². The van der Waals surface area contributed by atoms with E-state index in [1.165, 1.54) is 12.1 Å². The van der Waals surface area contributed by atoms with Crippen LogP contribution in [-0.2, 0) is 0 Å². The van der Waals surface area contributed by atoms with E-state index >= 15 is 0 Å². The maximum Gasteiger partial charge on any atom is 0.337 e. The Kier molecular flexibility index (Phi) is 3.16. The van der Waals surface area contributed by atoms with Crippen LogP contribution in [0.2, 0.25) is 0 Å². The zero-order chi connectivity index (χ0) is 14.8. The van der Waals surface area contributed by atoms with Crippen LogP contribution in [0.25, 0.3) is 10.9 Å². The van der Waals surface area contributed by atoms with Gasteiger partial charge < -0.3 is 15.6 Å². The molecule has 5 heteroatoms. The number of nitrogens with two attached hydrogens (primary N) is 1. The molecule has 0 aliphatic rings. The van der Waals surface area contributed by atoms with Crippen LogP contribution in [0.5, 0.6) is 11.5 Å². The van der Waals surface area contributed by atoms with Crippen molar-refractivity contribution >= 4 is 22.6 Å². The van der Waals surface area contributed by atoms with E-state index in [4.69, 9.17) is 15.6 Å². The molecular weight excluding hydrogens is 268 g/mol. The van der Waals surface area contributed by atoms with Crippen LogP contribution >= 0.6 is 0 Å². The van der Waals surface area contributed by atoms with Gasteiger partial charge in [0.2, 0.25) is 0 Å². The molecule has 5 nitrogen and oxygen atoms in total. The summed E-state index contributed by atoms with van der Waals surface area (Å²) in [4.78, 5) is 15.3. The van der Waals surface area contributed by atoms with Crippen molar-refractivity contribution in [1.29, 1.82) is 0 Å². The first-order valence-corrected chi connectivity index (χ1v) is 6.29. The third kappa shape index (κ3) is 2.49. The molecule has 3 aromatic rings. The molecule has 1 aromatic heterocycles. The highest BCUT2D eigenvalue weighted by atomic mass is 16.5. The first-order chi connectivity index (χ1) is 10.1. The minimum atomic E-state index is -1.09. The van der Waals surface area contributed by atoms with Crippen molar-refractivity contribution in [1.82, 2.24) is 4.98 Å². The zero-order valence-corrected chi connectivity index (χ0v) is 11.0. The number of nitrogen functional groups attached to an aromatic ring is 1. The van der Waals surface area contributed by atoms with Crippen molar-refractivity contribution in [2.75, 3.05) is 5.73 Å². The summed E-state index contributed by atoms with van der Waals surface area (Å²) >= 11 is 0. The zero-order valence-electron chi connectivity index (χ0n) is 11.0. The maximum absolute atomic E-state index is 11.1. The van der Waals surface area contributed by atoms with Gasteiger partial charge in [-0.3, -0.25) is 4.98 Å². The molecule has 2 aromatic carbocycles. The van der Waals surface area contributed by atoms with E-state index < -0.39 is 5.97 Å². The van der Waals surface area contributed by atoms with Gasteiger partial charge in [-0.25, -0.2) is 4.79 Å². The number of carboxylic acids is 1. The normalized spacial score (nSPS) is 10.5. The van der Waals surface area contributed by atoms with E-state index in [1.54, 1.807) is 18.3 Å². The number of hydrogen-bond donors (Lipinski definition) is 2. The molecular formula is C16H12N2O3. The molecule has 0 aliphatic carbocycles. The molecule has 3 rings (SSSR count). The Balaban J connectivity index is 2.03. The highest BCUT2D eigenvalue weighted by Gasteiger charge is 2.10. The molecule has 0 bridgehead atoms. The number of aromatic nitrogens is 1. The second-order valence-electron chi connectivity index (χ2n) is 4.48. The largest absolute Gasteiger partial charge is 0.478 e. The average Bonchev–Trinajstić information content (AvgIpc) is 2.49. The minimum Gasteiger partial charge on any atom is -0.478 e. The molecule has 0 atom stereocenters. The second kappa shape index (κ2) is 5.13. The van der Waals surface area contributed by atoms with Gasteiger partial charge in [-0.2, -0.15) is 0 Å². The number of ether oxygens (including phenoxy) is 1.